The lowest BCUT2D eigenvalue weighted by Gasteiger charge is -2.36. The second kappa shape index (κ2) is 5.57. The maximum absolute atomic E-state index is 12.3. The summed E-state index contributed by atoms with van der Waals surface area (Å²) in [5, 5.41) is 3.41. The van der Waals surface area contributed by atoms with Gasteiger partial charge in [0.2, 0.25) is 5.91 Å². The SMILES string of the molecule is Cc1ccc(C2NCC(=O)N2C2CCCCC2)c(C)c1. The average molecular weight is 272 g/mol. The molecule has 2 aliphatic rings. The van der Waals surface area contributed by atoms with Gasteiger partial charge in [0.25, 0.3) is 0 Å². The first kappa shape index (κ1) is 13.6. The molecule has 1 N–H and O–H groups in total. The van der Waals surface area contributed by atoms with E-state index in [1.807, 2.05) is 0 Å². The minimum atomic E-state index is 0.0752. The highest BCUT2D eigenvalue weighted by Crippen LogP contribution is 2.33. The Hall–Kier alpha value is -1.35. The van der Waals surface area contributed by atoms with E-state index in [1.165, 1.54) is 36.0 Å². The van der Waals surface area contributed by atoms with E-state index < -0.39 is 0 Å². The van der Waals surface area contributed by atoms with Crippen LogP contribution in [0.1, 0.15) is 55.0 Å². The van der Waals surface area contributed by atoms with Gasteiger partial charge in [-0.3, -0.25) is 10.1 Å². The molecule has 1 aromatic rings. The van der Waals surface area contributed by atoms with Crippen molar-refractivity contribution in [2.45, 2.75) is 58.2 Å². The fraction of sp³-hybridized carbons (Fsp3) is 0.588. The molecule has 1 heterocycles. The van der Waals surface area contributed by atoms with Crippen LogP contribution in [0.25, 0.3) is 0 Å². The van der Waals surface area contributed by atoms with Crippen LogP contribution in [0.15, 0.2) is 18.2 Å². The number of nitrogens with zero attached hydrogens (tertiary/aromatic N) is 1. The minimum absolute atomic E-state index is 0.0752. The highest BCUT2D eigenvalue weighted by atomic mass is 16.2. The predicted octanol–water partition coefficient (Wildman–Crippen LogP) is 3.07. The topological polar surface area (TPSA) is 32.3 Å². The first-order chi connectivity index (χ1) is 9.66. The van der Waals surface area contributed by atoms with Crippen LogP contribution >= 0.6 is 0 Å². The largest absolute Gasteiger partial charge is 0.319 e. The summed E-state index contributed by atoms with van der Waals surface area (Å²) in [6, 6.07) is 6.96. The Labute approximate surface area is 121 Å². The quantitative estimate of drug-likeness (QED) is 0.897. The molecule has 0 spiro atoms. The molecule has 1 saturated heterocycles. The highest BCUT2D eigenvalue weighted by Gasteiger charge is 2.37. The summed E-state index contributed by atoms with van der Waals surface area (Å²) < 4.78 is 0. The maximum Gasteiger partial charge on any atom is 0.238 e. The Bertz CT molecular complexity index is 506. The van der Waals surface area contributed by atoms with Crippen LogP contribution in [0.3, 0.4) is 0 Å². The maximum atomic E-state index is 12.3. The lowest BCUT2D eigenvalue weighted by atomic mass is 9.93. The van der Waals surface area contributed by atoms with Gasteiger partial charge in [0.1, 0.15) is 6.17 Å². The molecular formula is C17H24N2O. The summed E-state index contributed by atoms with van der Waals surface area (Å²) >= 11 is 0. The van der Waals surface area contributed by atoms with E-state index in [4.69, 9.17) is 0 Å². The Morgan fingerprint density at radius 2 is 1.90 bits per heavy atom. The van der Waals surface area contributed by atoms with Crippen molar-refractivity contribution in [2.75, 3.05) is 6.54 Å². The second-order valence-corrected chi connectivity index (χ2v) is 6.24. The third-order valence-corrected chi connectivity index (χ3v) is 4.70. The third kappa shape index (κ3) is 2.47. The van der Waals surface area contributed by atoms with Crippen molar-refractivity contribution >= 4 is 5.91 Å². The number of carbonyl (C=O) groups is 1. The van der Waals surface area contributed by atoms with E-state index >= 15 is 0 Å². The molecule has 108 valence electrons. The molecule has 0 bridgehead atoms. The van der Waals surface area contributed by atoms with Crippen molar-refractivity contribution in [2.24, 2.45) is 0 Å². The summed E-state index contributed by atoms with van der Waals surface area (Å²) in [4.78, 5) is 14.4. The molecular weight excluding hydrogens is 248 g/mol. The lowest BCUT2D eigenvalue weighted by molar-refractivity contribution is -0.131. The number of nitrogens with one attached hydrogen (secondary N) is 1. The van der Waals surface area contributed by atoms with Gasteiger partial charge in [0.15, 0.2) is 0 Å². The number of hydrogen-bond donors (Lipinski definition) is 1. The molecule has 0 aromatic heterocycles. The molecule has 1 aliphatic heterocycles. The monoisotopic (exact) mass is 272 g/mol. The number of rotatable bonds is 2. The van der Waals surface area contributed by atoms with Crippen molar-refractivity contribution in [3.8, 4) is 0 Å². The van der Waals surface area contributed by atoms with E-state index in [0.717, 1.165) is 12.8 Å². The number of benzene rings is 1. The molecule has 1 amide bonds. The molecule has 1 unspecified atom stereocenters. The summed E-state index contributed by atoms with van der Waals surface area (Å²) in [5.41, 5.74) is 3.81. The van der Waals surface area contributed by atoms with Crippen LogP contribution < -0.4 is 5.32 Å². The smallest absolute Gasteiger partial charge is 0.238 e. The molecule has 3 rings (SSSR count). The molecule has 3 heteroatoms. The third-order valence-electron chi connectivity index (χ3n) is 4.70. The van der Waals surface area contributed by atoms with Crippen LogP contribution in [-0.2, 0) is 4.79 Å². The zero-order chi connectivity index (χ0) is 14.1. The van der Waals surface area contributed by atoms with Crippen molar-refractivity contribution in [3.05, 3.63) is 34.9 Å². The molecule has 0 radical (unpaired) electrons. The highest BCUT2D eigenvalue weighted by molar-refractivity contribution is 5.81. The van der Waals surface area contributed by atoms with Gasteiger partial charge in [0.05, 0.1) is 6.54 Å². The van der Waals surface area contributed by atoms with E-state index in [0.29, 0.717) is 12.6 Å². The molecule has 20 heavy (non-hydrogen) atoms. The van der Waals surface area contributed by atoms with Gasteiger partial charge in [-0.2, -0.15) is 0 Å². The fourth-order valence-electron chi connectivity index (χ4n) is 3.68. The first-order valence-corrected chi connectivity index (χ1v) is 7.78. The number of amides is 1. The van der Waals surface area contributed by atoms with Gasteiger partial charge < -0.3 is 4.90 Å². The first-order valence-electron chi connectivity index (χ1n) is 7.78. The van der Waals surface area contributed by atoms with Crippen LogP contribution in [0.5, 0.6) is 0 Å². The van der Waals surface area contributed by atoms with Gasteiger partial charge in [-0.1, -0.05) is 43.0 Å². The van der Waals surface area contributed by atoms with E-state index in [9.17, 15) is 4.79 Å². The van der Waals surface area contributed by atoms with Gasteiger partial charge in [-0.15, -0.1) is 0 Å². The molecule has 1 aliphatic carbocycles. The molecule has 1 atom stereocenters. The average Bonchev–Trinajstić information content (AvgIpc) is 2.81. The minimum Gasteiger partial charge on any atom is -0.319 e. The van der Waals surface area contributed by atoms with E-state index in [1.54, 1.807) is 0 Å². The Morgan fingerprint density at radius 3 is 2.60 bits per heavy atom. The van der Waals surface area contributed by atoms with Crippen LogP contribution in [0.4, 0.5) is 0 Å². The number of aryl methyl sites for hydroxylation is 2. The fourth-order valence-corrected chi connectivity index (χ4v) is 3.68. The van der Waals surface area contributed by atoms with Gasteiger partial charge in [0, 0.05) is 6.04 Å². The van der Waals surface area contributed by atoms with Crippen molar-refractivity contribution in [3.63, 3.8) is 0 Å². The van der Waals surface area contributed by atoms with Gasteiger partial charge >= 0.3 is 0 Å². The number of carbonyl (C=O) groups excluding carboxylic acids is 1. The van der Waals surface area contributed by atoms with Crippen molar-refractivity contribution in [1.82, 2.24) is 10.2 Å². The lowest BCUT2D eigenvalue weighted by Crippen LogP contribution is -2.41. The number of hydrogen-bond acceptors (Lipinski definition) is 2. The van der Waals surface area contributed by atoms with E-state index in [-0.39, 0.29) is 12.1 Å². The zero-order valence-corrected chi connectivity index (χ0v) is 12.5. The summed E-state index contributed by atoms with van der Waals surface area (Å²) in [6.07, 6.45) is 6.23. The molecule has 3 nitrogen and oxygen atoms in total. The summed E-state index contributed by atoms with van der Waals surface area (Å²) in [5.74, 6) is 0.266. The standard InChI is InChI=1S/C17H24N2O/c1-12-8-9-15(13(2)10-12)17-18-11-16(20)19(17)14-6-4-3-5-7-14/h8-10,14,17-18H,3-7,11H2,1-2H3. The molecule has 1 aromatic carbocycles. The summed E-state index contributed by atoms with van der Waals surface area (Å²) in [6.45, 7) is 4.74. The molecule has 2 fully saturated rings. The normalized spacial score (nSPS) is 24.4. The van der Waals surface area contributed by atoms with Gasteiger partial charge in [-0.25, -0.2) is 0 Å². The van der Waals surface area contributed by atoms with Crippen LogP contribution in [0, 0.1) is 13.8 Å². The van der Waals surface area contributed by atoms with E-state index in [2.05, 4.69) is 42.3 Å². The summed E-state index contributed by atoms with van der Waals surface area (Å²) in [7, 11) is 0. The predicted molar refractivity (Wildman–Crippen MR) is 80.4 cm³/mol. The van der Waals surface area contributed by atoms with Crippen molar-refractivity contribution < 1.29 is 4.79 Å². The molecule has 1 saturated carbocycles. The Kier molecular flexibility index (Phi) is 3.79. The zero-order valence-electron chi connectivity index (χ0n) is 12.5. The second-order valence-electron chi connectivity index (χ2n) is 6.24. The van der Waals surface area contributed by atoms with Crippen molar-refractivity contribution in [1.29, 1.82) is 0 Å². The van der Waals surface area contributed by atoms with Gasteiger partial charge in [-0.05, 0) is 37.8 Å². The Morgan fingerprint density at radius 1 is 1.15 bits per heavy atom. The Balaban J connectivity index is 1.88. The van der Waals surface area contributed by atoms with Crippen LogP contribution in [-0.4, -0.2) is 23.4 Å². The van der Waals surface area contributed by atoms with Crippen LogP contribution in [0.2, 0.25) is 0 Å².